The van der Waals surface area contributed by atoms with Crippen molar-refractivity contribution in [2.24, 2.45) is 5.10 Å². The summed E-state index contributed by atoms with van der Waals surface area (Å²) in [4.78, 5) is 4.77. The lowest BCUT2D eigenvalue weighted by atomic mass is 10.2. The van der Waals surface area contributed by atoms with Gasteiger partial charge in [-0.15, -0.1) is 11.3 Å². The molecule has 2 N–H and O–H groups in total. The number of ether oxygens (including phenoxy) is 1. The Morgan fingerprint density at radius 2 is 1.88 bits per heavy atom. The van der Waals surface area contributed by atoms with Crippen molar-refractivity contribution in [1.82, 2.24) is 9.29 Å². The number of anilines is 1. The zero-order valence-electron chi connectivity index (χ0n) is 18.1. The summed E-state index contributed by atoms with van der Waals surface area (Å²) in [5.74, 6) is 0.483. The van der Waals surface area contributed by atoms with E-state index in [1.54, 1.807) is 48.7 Å². The molecule has 10 heteroatoms. The molecule has 0 saturated heterocycles. The van der Waals surface area contributed by atoms with Gasteiger partial charge in [-0.2, -0.15) is 9.41 Å². The average Bonchev–Trinajstić information content (AvgIpc) is 3.26. The van der Waals surface area contributed by atoms with Gasteiger partial charge in [0.25, 0.3) is 0 Å². The first kappa shape index (κ1) is 23.7. The summed E-state index contributed by atoms with van der Waals surface area (Å²) in [6.45, 7) is 6.80. The third-order valence-electron chi connectivity index (χ3n) is 4.65. The van der Waals surface area contributed by atoms with Gasteiger partial charge in [-0.3, -0.25) is 5.43 Å². The number of rotatable bonds is 10. The molecule has 32 heavy (non-hydrogen) atoms. The Morgan fingerprint density at radius 1 is 1.16 bits per heavy atom. The smallest absolute Gasteiger partial charge is 0.243 e. The molecule has 0 fully saturated rings. The van der Waals surface area contributed by atoms with Gasteiger partial charge in [0, 0.05) is 24.0 Å². The van der Waals surface area contributed by atoms with Crippen molar-refractivity contribution in [3.63, 3.8) is 0 Å². The molecule has 0 amide bonds. The van der Waals surface area contributed by atoms with Gasteiger partial charge in [0.15, 0.2) is 11.5 Å². The van der Waals surface area contributed by atoms with Crippen LogP contribution < -0.4 is 10.2 Å². The molecule has 8 nitrogen and oxygen atoms in total. The molecule has 0 aliphatic rings. The molecule has 0 aliphatic carbocycles. The van der Waals surface area contributed by atoms with E-state index in [1.165, 1.54) is 15.6 Å². The van der Waals surface area contributed by atoms with Crippen LogP contribution in [0.15, 0.2) is 57.8 Å². The van der Waals surface area contributed by atoms with Crippen molar-refractivity contribution in [3.05, 3.63) is 53.4 Å². The van der Waals surface area contributed by atoms with Crippen molar-refractivity contribution in [1.29, 1.82) is 0 Å². The van der Waals surface area contributed by atoms with E-state index in [2.05, 4.69) is 15.5 Å². The predicted octanol–water partition coefficient (Wildman–Crippen LogP) is 4.39. The highest BCUT2D eigenvalue weighted by Crippen LogP contribution is 2.28. The van der Waals surface area contributed by atoms with Crippen LogP contribution in [0.5, 0.6) is 11.5 Å². The van der Waals surface area contributed by atoms with Gasteiger partial charge in [-0.05, 0) is 42.8 Å². The maximum absolute atomic E-state index is 12.6. The Bertz CT molecular complexity index is 1170. The third kappa shape index (κ3) is 5.45. The fraction of sp³-hybridized carbons (Fsp3) is 0.273. The molecule has 1 aromatic heterocycles. The molecule has 0 radical (unpaired) electrons. The molecule has 0 spiro atoms. The summed E-state index contributed by atoms with van der Waals surface area (Å²) in [6.07, 6.45) is 1.61. The van der Waals surface area contributed by atoms with E-state index in [4.69, 9.17) is 4.74 Å². The lowest BCUT2D eigenvalue weighted by Gasteiger charge is -2.18. The van der Waals surface area contributed by atoms with Gasteiger partial charge in [0.2, 0.25) is 15.2 Å². The lowest BCUT2D eigenvalue weighted by molar-refractivity contribution is 0.318. The van der Waals surface area contributed by atoms with Crippen LogP contribution in [0.25, 0.3) is 11.3 Å². The first-order valence-corrected chi connectivity index (χ1v) is 12.5. The summed E-state index contributed by atoms with van der Waals surface area (Å²) in [5.41, 5.74) is 5.19. The number of nitrogens with one attached hydrogen (secondary N) is 1. The van der Waals surface area contributed by atoms with Crippen LogP contribution >= 0.6 is 11.3 Å². The molecular weight excluding hydrogens is 448 g/mol. The van der Waals surface area contributed by atoms with E-state index in [1.807, 2.05) is 26.2 Å². The second kappa shape index (κ2) is 10.6. The molecule has 3 rings (SSSR count). The van der Waals surface area contributed by atoms with Crippen LogP contribution in [0.2, 0.25) is 0 Å². The number of aromatic hydroxyl groups is 1. The van der Waals surface area contributed by atoms with Crippen molar-refractivity contribution >= 4 is 32.7 Å². The van der Waals surface area contributed by atoms with Crippen LogP contribution in [-0.4, -0.2) is 48.7 Å². The Labute approximate surface area is 192 Å². The average molecular weight is 475 g/mol. The minimum Gasteiger partial charge on any atom is -0.504 e. The maximum Gasteiger partial charge on any atom is 0.243 e. The zero-order valence-corrected chi connectivity index (χ0v) is 19.8. The molecule has 0 bridgehead atoms. The van der Waals surface area contributed by atoms with Crippen LogP contribution in [0.4, 0.5) is 5.13 Å². The van der Waals surface area contributed by atoms with Crippen molar-refractivity contribution in [3.8, 4) is 22.8 Å². The first-order valence-electron chi connectivity index (χ1n) is 10.2. The minimum atomic E-state index is -3.48. The summed E-state index contributed by atoms with van der Waals surface area (Å²) < 4.78 is 32.0. The van der Waals surface area contributed by atoms with Crippen molar-refractivity contribution in [2.45, 2.75) is 25.7 Å². The zero-order chi connectivity index (χ0) is 23.1. The molecule has 0 unspecified atom stereocenters. The van der Waals surface area contributed by atoms with Crippen LogP contribution in [0.1, 0.15) is 26.3 Å². The van der Waals surface area contributed by atoms with E-state index >= 15 is 0 Å². The third-order valence-corrected chi connectivity index (χ3v) is 7.47. The second-order valence-electron chi connectivity index (χ2n) is 6.68. The molecule has 1 heterocycles. The maximum atomic E-state index is 12.6. The molecule has 2 aromatic carbocycles. The molecule has 3 aromatic rings. The standard InChI is InChI=1S/C22H26N4O4S2/c1-4-26(5-2)32(28,29)18-10-8-17(9-11-18)19-15-31-22(24-19)25-23-14-16-7-12-20(27)21(13-16)30-6-3/h7-15,27H,4-6H2,1-3H3,(H,24,25). The predicted molar refractivity (Wildman–Crippen MR) is 128 cm³/mol. The Balaban J connectivity index is 1.68. The number of phenols is 1. The number of sulfonamides is 1. The topological polar surface area (TPSA) is 104 Å². The summed E-state index contributed by atoms with van der Waals surface area (Å²) in [5, 5.41) is 16.4. The fourth-order valence-electron chi connectivity index (χ4n) is 3.01. The minimum absolute atomic E-state index is 0.0810. The normalized spacial score (nSPS) is 11.9. The van der Waals surface area contributed by atoms with Gasteiger partial charge >= 0.3 is 0 Å². The number of hydrogen-bond acceptors (Lipinski definition) is 8. The number of nitrogens with zero attached hydrogens (tertiary/aromatic N) is 3. The van der Waals surface area contributed by atoms with Gasteiger partial charge in [-0.1, -0.05) is 26.0 Å². The molecule has 0 saturated carbocycles. The highest BCUT2D eigenvalue weighted by molar-refractivity contribution is 7.89. The van der Waals surface area contributed by atoms with Crippen molar-refractivity contribution in [2.75, 3.05) is 25.1 Å². The van der Waals surface area contributed by atoms with Gasteiger partial charge < -0.3 is 9.84 Å². The summed E-state index contributed by atoms with van der Waals surface area (Å²) in [7, 11) is -3.48. The number of phenolic OH excluding ortho intramolecular Hbond substituents is 1. The van der Waals surface area contributed by atoms with Crippen LogP contribution in [0, 0.1) is 0 Å². The number of aromatic nitrogens is 1. The SMILES string of the molecule is CCOc1cc(C=NNc2nc(-c3ccc(S(=O)(=O)N(CC)CC)cc3)cs2)ccc1O. The van der Waals surface area contributed by atoms with E-state index in [-0.39, 0.29) is 10.6 Å². The molecule has 170 valence electrons. The lowest BCUT2D eigenvalue weighted by Crippen LogP contribution is -2.30. The summed E-state index contributed by atoms with van der Waals surface area (Å²) in [6, 6.07) is 11.7. The number of hydrogen-bond donors (Lipinski definition) is 2. The molecule has 0 aliphatic heterocycles. The van der Waals surface area contributed by atoms with Gasteiger partial charge in [0.05, 0.1) is 23.4 Å². The fourth-order valence-corrected chi connectivity index (χ4v) is 5.14. The van der Waals surface area contributed by atoms with Gasteiger partial charge in [-0.25, -0.2) is 13.4 Å². The number of hydrazone groups is 1. The monoisotopic (exact) mass is 474 g/mol. The molecular formula is C22H26N4O4S2. The van der Waals surface area contributed by atoms with Crippen LogP contribution in [0.3, 0.4) is 0 Å². The van der Waals surface area contributed by atoms with Gasteiger partial charge in [0.1, 0.15) is 0 Å². The quantitative estimate of drug-likeness (QED) is 0.334. The van der Waals surface area contributed by atoms with E-state index < -0.39 is 10.0 Å². The summed E-state index contributed by atoms with van der Waals surface area (Å²) >= 11 is 1.39. The van der Waals surface area contributed by atoms with Crippen molar-refractivity contribution < 1.29 is 18.3 Å². The number of benzene rings is 2. The van der Waals surface area contributed by atoms with E-state index in [0.717, 1.165) is 16.8 Å². The number of thiazole rings is 1. The Morgan fingerprint density at radius 3 is 2.53 bits per heavy atom. The largest absolute Gasteiger partial charge is 0.504 e. The second-order valence-corrected chi connectivity index (χ2v) is 9.48. The van der Waals surface area contributed by atoms with Crippen LogP contribution in [-0.2, 0) is 10.0 Å². The first-order chi connectivity index (χ1) is 15.4. The Hall–Kier alpha value is -2.95. The van der Waals surface area contributed by atoms with E-state index in [0.29, 0.717) is 30.6 Å². The van der Waals surface area contributed by atoms with E-state index in [9.17, 15) is 13.5 Å². The Kier molecular flexibility index (Phi) is 7.84. The molecule has 0 atom stereocenters. The highest BCUT2D eigenvalue weighted by Gasteiger charge is 2.21. The highest BCUT2D eigenvalue weighted by atomic mass is 32.2.